The van der Waals surface area contributed by atoms with Crippen molar-refractivity contribution in [2.24, 2.45) is 5.92 Å². The van der Waals surface area contributed by atoms with Gasteiger partial charge in [-0.05, 0) is 19.8 Å². The van der Waals surface area contributed by atoms with Crippen LogP contribution in [0.25, 0.3) is 0 Å². The lowest BCUT2D eigenvalue weighted by atomic mass is 10.1. The highest BCUT2D eigenvalue weighted by Gasteiger charge is 2.21. The first kappa shape index (κ1) is 13.4. The SMILES string of the molecule is CC(C)OCCOC(C(=O)O)C(C)C. The number of carboxylic acid groups (broad SMARTS) is 1. The van der Waals surface area contributed by atoms with Crippen LogP contribution in [0.1, 0.15) is 27.7 Å². The molecule has 0 rings (SSSR count). The Bertz CT molecular complexity index is 166. The first-order valence-corrected chi connectivity index (χ1v) is 4.91. The Labute approximate surface area is 85.2 Å². The monoisotopic (exact) mass is 204 g/mol. The molecule has 0 amide bonds. The first-order valence-electron chi connectivity index (χ1n) is 4.91. The van der Waals surface area contributed by atoms with E-state index in [4.69, 9.17) is 14.6 Å². The predicted octanol–water partition coefficient (Wildman–Crippen LogP) is 1.54. The Balaban J connectivity index is 3.67. The Morgan fingerprint density at radius 1 is 1.14 bits per heavy atom. The van der Waals surface area contributed by atoms with Gasteiger partial charge in [-0.3, -0.25) is 0 Å². The van der Waals surface area contributed by atoms with E-state index < -0.39 is 12.1 Å². The van der Waals surface area contributed by atoms with Crippen LogP contribution in [-0.2, 0) is 14.3 Å². The van der Waals surface area contributed by atoms with Crippen LogP contribution in [0.4, 0.5) is 0 Å². The number of hydrogen-bond acceptors (Lipinski definition) is 3. The molecule has 4 nitrogen and oxygen atoms in total. The van der Waals surface area contributed by atoms with Gasteiger partial charge >= 0.3 is 5.97 Å². The van der Waals surface area contributed by atoms with E-state index in [9.17, 15) is 4.79 Å². The highest BCUT2D eigenvalue weighted by molar-refractivity contribution is 5.72. The summed E-state index contributed by atoms with van der Waals surface area (Å²) in [5.41, 5.74) is 0. The van der Waals surface area contributed by atoms with E-state index >= 15 is 0 Å². The summed E-state index contributed by atoms with van der Waals surface area (Å²) in [5, 5.41) is 8.79. The maximum Gasteiger partial charge on any atom is 0.333 e. The third-order valence-corrected chi connectivity index (χ3v) is 1.68. The van der Waals surface area contributed by atoms with Gasteiger partial charge in [-0.1, -0.05) is 13.8 Å². The smallest absolute Gasteiger partial charge is 0.333 e. The molecule has 0 saturated heterocycles. The maximum atomic E-state index is 10.7. The minimum absolute atomic E-state index is 0.0217. The van der Waals surface area contributed by atoms with Crippen molar-refractivity contribution in [3.05, 3.63) is 0 Å². The normalized spacial score (nSPS) is 13.6. The quantitative estimate of drug-likeness (QED) is 0.639. The van der Waals surface area contributed by atoms with Crippen LogP contribution < -0.4 is 0 Å². The molecule has 4 heteroatoms. The molecule has 0 heterocycles. The van der Waals surface area contributed by atoms with E-state index in [1.165, 1.54) is 0 Å². The number of aliphatic carboxylic acids is 1. The van der Waals surface area contributed by atoms with Crippen LogP contribution in [0.2, 0.25) is 0 Å². The van der Waals surface area contributed by atoms with Crippen molar-refractivity contribution in [1.82, 2.24) is 0 Å². The van der Waals surface area contributed by atoms with Gasteiger partial charge in [-0.25, -0.2) is 4.79 Å². The zero-order valence-corrected chi connectivity index (χ0v) is 9.32. The molecule has 0 spiro atoms. The molecule has 1 N–H and O–H groups in total. The van der Waals surface area contributed by atoms with Crippen molar-refractivity contribution in [1.29, 1.82) is 0 Å². The van der Waals surface area contributed by atoms with Crippen LogP contribution in [0.5, 0.6) is 0 Å². The van der Waals surface area contributed by atoms with Crippen LogP contribution in [0.15, 0.2) is 0 Å². The molecule has 1 unspecified atom stereocenters. The predicted molar refractivity (Wildman–Crippen MR) is 53.3 cm³/mol. The second-order valence-electron chi connectivity index (χ2n) is 3.79. The molecule has 0 aromatic carbocycles. The molecule has 0 saturated carbocycles. The minimum atomic E-state index is -0.912. The lowest BCUT2D eigenvalue weighted by molar-refractivity contribution is -0.154. The molecule has 1 atom stereocenters. The van der Waals surface area contributed by atoms with Crippen LogP contribution in [0.3, 0.4) is 0 Å². The highest BCUT2D eigenvalue weighted by Crippen LogP contribution is 2.06. The van der Waals surface area contributed by atoms with Crippen LogP contribution in [-0.4, -0.2) is 36.5 Å². The Hall–Kier alpha value is -0.610. The average Bonchev–Trinajstić information content (AvgIpc) is 2.01. The second kappa shape index (κ2) is 6.79. The maximum absolute atomic E-state index is 10.7. The van der Waals surface area contributed by atoms with Crippen molar-refractivity contribution < 1.29 is 19.4 Å². The molecule has 0 aliphatic heterocycles. The van der Waals surface area contributed by atoms with E-state index in [2.05, 4.69) is 0 Å². The number of carbonyl (C=O) groups is 1. The molecule has 0 fully saturated rings. The summed E-state index contributed by atoms with van der Waals surface area (Å²) in [5.74, 6) is -0.934. The van der Waals surface area contributed by atoms with E-state index in [1.807, 2.05) is 27.7 Å². The van der Waals surface area contributed by atoms with Crippen LogP contribution in [0, 0.1) is 5.92 Å². The van der Waals surface area contributed by atoms with Gasteiger partial charge in [0.05, 0.1) is 19.3 Å². The van der Waals surface area contributed by atoms with E-state index in [0.29, 0.717) is 13.2 Å². The molecular formula is C10H20O4. The van der Waals surface area contributed by atoms with Gasteiger partial charge < -0.3 is 14.6 Å². The van der Waals surface area contributed by atoms with E-state index in [1.54, 1.807) is 0 Å². The summed E-state index contributed by atoms with van der Waals surface area (Å²) in [6, 6.07) is 0. The van der Waals surface area contributed by atoms with Gasteiger partial charge in [0.15, 0.2) is 6.10 Å². The zero-order chi connectivity index (χ0) is 11.1. The van der Waals surface area contributed by atoms with Gasteiger partial charge in [0.2, 0.25) is 0 Å². The molecular weight excluding hydrogens is 184 g/mol. The van der Waals surface area contributed by atoms with Crippen molar-refractivity contribution in [3.8, 4) is 0 Å². The fourth-order valence-corrected chi connectivity index (χ4v) is 1.01. The molecule has 0 aromatic heterocycles. The number of hydrogen-bond donors (Lipinski definition) is 1. The molecule has 0 aromatic rings. The van der Waals surface area contributed by atoms with Crippen molar-refractivity contribution in [2.75, 3.05) is 13.2 Å². The Morgan fingerprint density at radius 3 is 2.00 bits per heavy atom. The Kier molecular flexibility index (Phi) is 6.49. The van der Waals surface area contributed by atoms with Crippen molar-refractivity contribution in [2.45, 2.75) is 39.9 Å². The van der Waals surface area contributed by atoms with Gasteiger partial charge in [0, 0.05) is 0 Å². The topological polar surface area (TPSA) is 55.8 Å². The third kappa shape index (κ3) is 5.94. The van der Waals surface area contributed by atoms with E-state index in [0.717, 1.165) is 0 Å². The Morgan fingerprint density at radius 2 is 1.64 bits per heavy atom. The fourth-order valence-electron chi connectivity index (χ4n) is 1.01. The number of ether oxygens (including phenoxy) is 2. The van der Waals surface area contributed by atoms with E-state index in [-0.39, 0.29) is 12.0 Å². The summed E-state index contributed by atoms with van der Waals surface area (Å²) in [6.45, 7) is 8.26. The fraction of sp³-hybridized carbons (Fsp3) is 0.900. The standard InChI is InChI=1S/C10H20O4/c1-7(2)9(10(11)12)14-6-5-13-8(3)4/h7-9H,5-6H2,1-4H3,(H,11,12). The second-order valence-corrected chi connectivity index (χ2v) is 3.79. The summed E-state index contributed by atoms with van der Waals surface area (Å²) in [6.07, 6.45) is -0.577. The molecule has 84 valence electrons. The molecule has 0 bridgehead atoms. The number of rotatable bonds is 7. The molecule has 0 aliphatic carbocycles. The lowest BCUT2D eigenvalue weighted by Crippen LogP contribution is -2.30. The minimum Gasteiger partial charge on any atom is -0.479 e. The lowest BCUT2D eigenvalue weighted by Gasteiger charge is -2.17. The van der Waals surface area contributed by atoms with Gasteiger partial charge in [0.1, 0.15) is 0 Å². The zero-order valence-electron chi connectivity index (χ0n) is 9.32. The highest BCUT2D eigenvalue weighted by atomic mass is 16.5. The number of carboxylic acids is 1. The molecule has 0 aliphatic rings. The summed E-state index contributed by atoms with van der Waals surface area (Å²) in [7, 11) is 0. The average molecular weight is 204 g/mol. The van der Waals surface area contributed by atoms with Crippen molar-refractivity contribution in [3.63, 3.8) is 0 Å². The summed E-state index contributed by atoms with van der Waals surface area (Å²) in [4.78, 5) is 10.7. The first-order chi connectivity index (χ1) is 6.45. The van der Waals surface area contributed by atoms with Crippen molar-refractivity contribution >= 4 is 5.97 Å². The summed E-state index contributed by atoms with van der Waals surface area (Å²) >= 11 is 0. The van der Waals surface area contributed by atoms with Gasteiger partial charge in [0.25, 0.3) is 0 Å². The summed E-state index contributed by atoms with van der Waals surface area (Å²) < 4.78 is 10.4. The molecule has 14 heavy (non-hydrogen) atoms. The van der Waals surface area contributed by atoms with Gasteiger partial charge in [-0.15, -0.1) is 0 Å². The van der Waals surface area contributed by atoms with Gasteiger partial charge in [-0.2, -0.15) is 0 Å². The van der Waals surface area contributed by atoms with Crippen LogP contribution >= 0.6 is 0 Å². The largest absolute Gasteiger partial charge is 0.479 e. The molecule has 0 radical (unpaired) electrons. The third-order valence-electron chi connectivity index (χ3n) is 1.68.